The number of amides is 1. The molecule has 0 aliphatic heterocycles. The van der Waals surface area contributed by atoms with Crippen molar-refractivity contribution in [2.24, 2.45) is 14.1 Å². The number of carbonyl (C=O) groups excluding carboxylic acids is 1. The van der Waals surface area contributed by atoms with Crippen LogP contribution in [0.25, 0.3) is 11.0 Å². The number of phenols is 1. The Hall–Kier alpha value is -3.51. The molecule has 0 aliphatic rings. The molecule has 0 aliphatic carbocycles. The molecule has 0 saturated carbocycles. The van der Waals surface area contributed by atoms with Gasteiger partial charge in [-0.25, -0.2) is 22.5 Å². The van der Waals surface area contributed by atoms with Crippen molar-refractivity contribution in [3.05, 3.63) is 56.9 Å². The maximum atomic E-state index is 12.6. The minimum Gasteiger partial charge on any atom is -0.506 e. The Morgan fingerprint density at radius 2 is 1.77 bits per heavy atom. The minimum absolute atomic E-state index is 0.0175. The average molecular weight is 433 g/mol. The summed E-state index contributed by atoms with van der Waals surface area (Å²) in [4.78, 5) is 40.9. The molecule has 3 aromatic rings. The lowest BCUT2D eigenvalue weighted by molar-refractivity contribution is 0.102. The van der Waals surface area contributed by atoms with Crippen molar-refractivity contribution in [2.45, 2.75) is 4.90 Å². The number of fused-ring (bicyclic) bond motifs is 1. The van der Waals surface area contributed by atoms with E-state index < -0.39 is 27.2 Å². The van der Waals surface area contributed by atoms with E-state index in [1.807, 2.05) is 0 Å². The quantitative estimate of drug-likeness (QED) is 0.544. The standard InChI is InChI=1S/C18H19N5O6S/c1-21(2)30(28,29)10-5-8-14(24)13(9-10)20-16(25)12-7-6-11-15(19-12)22(3)18(27)23(4)17(11)26/h5-9,24H,1-4H3,(H,20,25). The van der Waals surface area contributed by atoms with Crippen LogP contribution in [0.5, 0.6) is 5.75 Å². The number of pyridine rings is 1. The van der Waals surface area contributed by atoms with Gasteiger partial charge in [-0.15, -0.1) is 0 Å². The maximum absolute atomic E-state index is 12.6. The first kappa shape index (κ1) is 21.2. The SMILES string of the molecule is CN(C)S(=O)(=O)c1ccc(O)c(NC(=O)c2ccc3c(=O)n(C)c(=O)n(C)c3n2)c1. The van der Waals surface area contributed by atoms with E-state index in [1.54, 1.807) is 0 Å². The van der Waals surface area contributed by atoms with Crippen LogP contribution >= 0.6 is 0 Å². The molecular formula is C18H19N5O6S. The van der Waals surface area contributed by atoms with Gasteiger partial charge in [0.05, 0.1) is 16.0 Å². The molecule has 1 aromatic carbocycles. The summed E-state index contributed by atoms with van der Waals surface area (Å²) in [7, 11) is 1.68. The second-order valence-corrected chi connectivity index (χ2v) is 8.85. The first-order valence-corrected chi connectivity index (χ1v) is 10.0. The Morgan fingerprint density at radius 1 is 1.10 bits per heavy atom. The van der Waals surface area contributed by atoms with E-state index in [0.717, 1.165) is 25.6 Å². The molecule has 2 heterocycles. The van der Waals surface area contributed by atoms with E-state index in [0.29, 0.717) is 0 Å². The summed E-state index contributed by atoms with van der Waals surface area (Å²) in [6.07, 6.45) is 0. The molecule has 0 bridgehead atoms. The van der Waals surface area contributed by atoms with Gasteiger partial charge in [-0.3, -0.25) is 18.7 Å². The Morgan fingerprint density at radius 3 is 2.40 bits per heavy atom. The summed E-state index contributed by atoms with van der Waals surface area (Å²) >= 11 is 0. The van der Waals surface area contributed by atoms with Gasteiger partial charge in [0.2, 0.25) is 10.0 Å². The van der Waals surface area contributed by atoms with Gasteiger partial charge in [0, 0.05) is 28.2 Å². The molecule has 2 aromatic heterocycles. The number of phenolic OH excluding ortho intramolecular Hbond substituents is 1. The third-order valence-corrected chi connectivity index (χ3v) is 6.34. The van der Waals surface area contributed by atoms with Gasteiger partial charge in [-0.1, -0.05) is 0 Å². The number of anilines is 1. The van der Waals surface area contributed by atoms with Crippen molar-refractivity contribution in [1.29, 1.82) is 0 Å². The number of nitrogens with one attached hydrogen (secondary N) is 1. The number of sulfonamides is 1. The number of hydrogen-bond acceptors (Lipinski definition) is 7. The van der Waals surface area contributed by atoms with Crippen LogP contribution < -0.4 is 16.6 Å². The monoisotopic (exact) mass is 433 g/mol. The molecule has 158 valence electrons. The highest BCUT2D eigenvalue weighted by Crippen LogP contribution is 2.27. The molecule has 0 atom stereocenters. The van der Waals surface area contributed by atoms with Crippen LogP contribution in [0.15, 0.2) is 44.8 Å². The van der Waals surface area contributed by atoms with Gasteiger partial charge < -0.3 is 10.4 Å². The predicted molar refractivity (Wildman–Crippen MR) is 109 cm³/mol. The number of aromatic hydroxyl groups is 1. The van der Waals surface area contributed by atoms with Crippen molar-refractivity contribution < 1.29 is 18.3 Å². The molecule has 30 heavy (non-hydrogen) atoms. The van der Waals surface area contributed by atoms with Crippen LogP contribution in [0, 0.1) is 0 Å². The van der Waals surface area contributed by atoms with Crippen molar-refractivity contribution >= 4 is 32.7 Å². The highest BCUT2D eigenvalue weighted by atomic mass is 32.2. The Balaban J connectivity index is 2.04. The zero-order chi connectivity index (χ0) is 22.4. The van der Waals surface area contributed by atoms with Crippen LogP contribution in [-0.2, 0) is 24.1 Å². The number of rotatable bonds is 4. The van der Waals surface area contributed by atoms with E-state index >= 15 is 0 Å². The fourth-order valence-corrected chi connectivity index (χ4v) is 3.68. The number of benzene rings is 1. The van der Waals surface area contributed by atoms with Crippen LogP contribution in [0.4, 0.5) is 5.69 Å². The summed E-state index contributed by atoms with van der Waals surface area (Å²) < 4.78 is 27.6. The number of aryl methyl sites for hydroxylation is 1. The van der Waals surface area contributed by atoms with Gasteiger partial charge in [-0.2, -0.15) is 0 Å². The van der Waals surface area contributed by atoms with E-state index in [4.69, 9.17) is 0 Å². The number of aromatic nitrogens is 3. The number of carbonyl (C=O) groups is 1. The van der Waals surface area contributed by atoms with Gasteiger partial charge in [0.1, 0.15) is 17.1 Å². The molecular weight excluding hydrogens is 414 g/mol. The van der Waals surface area contributed by atoms with Gasteiger partial charge in [0.15, 0.2) is 0 Å². The van der Waals surface area contributed by atoms with Crippen molar-refractivity contribution in [3.63, 3.8) is 0 Å². The van der Waals surface area contributed by atoms with Crippen molar-refractivity contribution in [1.82, 2.24) is 18.4 Å². The zero-order valence-corrected chi connectivity index (χ0v) is 17.4. The largest absolute Gasteiger partial charge is 0.506 e. The number of nitrogens with zero attached hydrogens (tertiary/aromatic N) is 4. The second kappa shape index (κ2) is 7.39. The van der Waals surface area contributed by atoms with Crippen LogP contribution in [-0.4, -0.2) is 52.0 Å². The smallest absolute Gasteiger partial charge is 0.332 e. The highest BCUT2D eigenvalue weighted by Gasteiger charge is 2.20. The van der Waals surface area contributed by atoms with Gasteiger partial charge in [-0.05, 0) is 30.3 Å². The third kappa shape index (κ3) is 3.46. The van der Waals surface area contributed by atoms with E-state index in [-0.39, 0.29) is 33.1 Å². The predicted octanol–water partition coefficient (Wildman–Crippen LogP) is -0.160. The van der Waals surface area contributed by atoms with Crippen LogP contribution in [0.3, 0.4) is 0 Å². The molecule has 0 spiro atoms. The maximum Gasteiger partial charge on any atom is 0.332 e. The lowest BCUT2D eigenvalue weighted by atomic mass is 10.2. The Kier molecular flexibility index (Phi) is 5.22. The molecule has 0 radical (unpaired) electrons. The normalized spacial score (nSPS) is 11.8. The summed E-state index contributed by atoms with van der Waals surface area (Å²) in [5.41, 5.74) is -1.40. The second-order valence-electron chi connectivity index (χ2n) is 6.69. The summed E-state index contributed by atoms with van der Waals surface area (Å²) in [5, 5.41) is 12.6. The van der Waals surface area contributed by atoms with Crippen LogP contribution in [0.1, 0.15) is 10.5 Å². The zero-order valence-electron chi connectivity index (χ0n) is 16.6. The fourth-order valence-electron chi connectivity index (χ4n) is 2.75. The van der Waals surface area contributed by atoms with E-state index in [2.05, 4.69) is 10.3 Å². The van der Waals surface area contributed by atoms with Gasteiger partial charge >= 0.3 is 5.69 Å². The third-order valence-electron chi connectivity index (χ3n) is 4.53. The molecule has 0 unspecified atom stereocenters. The molecule has 2 N–H and O–H groups in total. The van der Waals surface area contributed by atoms with Gasteiger partial charge in [0.25, 0.3) is 11.5 Å². The Labute approximate surface area is 170 Å². The van der Waals surface area contributed by atoms with Crippen LogP contribution in [0.2, 0.25) is 0 Å². The van der Waals surface area contributed by atoms with E-state index in [1.165, 1.54) is 46.4 Å². The average Bonchev–Trinajstić information content (AvgIpc) is 2.71. The summed E-state index contributed by atoms with van der Waals surface area (Å²) in [6, 6.07) is 6.13. The highest BCUT2D eigenvalue weighted by molar-refractivity contribution is 7.89. The number of hydrogen-bond donors (Lipinski definition) is 2. The topological polar surface area (TPSA) is 144 Å². The first-order chi connectivity index (χ1) is 13.9. The molecule has 11 nitrogen and oxygen atoms in total. The lowest BCUT2D eigenvalue weighted by Gasteiger charge is -2.14. The lowest BCUT2D eigenvalue weighted by Crippen LogP contribution is -2.37. The summed E-state index contributed by atoms with van der Waals surface area (Å²) in [6.45, 7) is 0. The molecule has 3 rings (SSSR count). The molecule has 12 heteroatoms. The Bertz CT molecular complexity index is 1410. The fraction of sp³-hybridized carbons (Fsp3) is 0.222. The molecule has 0 fully saturated rings. The molecule has 1 amide bonds. The van der Waals surface area contributed by atoms with E-state index in [9.17, 15) is 27.9 Å². The van der Waals surface area contributed by atoms with Crippen molar-refractivity contribution in [3.8, 4) is 5.75 Å². The molecule has 0 saturated heterocycles. The van der Waals surface area contributed by atoms with Crippen molar-refractivity contribution in [2.75, 3.05) is 19.4 Å². The summed E-state index contributed by atoms with van der Waals surface area (Å²) in [5.74, 6) is -1.11. The first-order valence-electron chi connectivity index (χ1n) is 8.59. The minimum atomic E-state index is -3.78.